The number of rotatable bonds is 3. The maximum absolute atomic E-state index is 4.56. The number of aromatic nitrogens is 3. The Hall–Kier alpha value is -1.64. The lowest BCUT2D eigenvalue weighted by molar-refractivity contribution is 0.559. The van der Waals surface area contributed by atoms with Gasteiger partial charge in [0.05, 0.1) is 12.0 Å². The molecule has 0 fully saturated rings. The molecule has 2 rings (SSSR count). The Balaban J connectivity index is 2.56. The van der Waals surface area contributed by atoms with Crippen LogP contribution in [0.4, 0.5) is 0 Å². The molecule has 0 aliphatic heterocycles. The molecule has 0 aromatic carbocycles. The van der Waals surface area contributed by atoms with E-state index in [0.717, 1.165) is 11.3 Å². The molecule has 0 unspecified atom stereocenters. The van der Waals surface area contributed by atoms with Gasteiger partial charge in [-0.05, 0) is 31.9 Å². The summed E-state index contributed by atoms with van der Waals surface area (Å²) < 4.78 is 2.25. The summed E-state index contributed by atoms with van der Waals surface area (Å²) in [6.45, 7) is 8.79. The van der Waals surface area contributed by atoms with Crippen LogP contribution in [0.1, 0.15) is 45.3 Å². The molecule has 0 saturated carbocycles. The molecule has 3 heteroatoms. The van der Waals surface area contributed by atoms with E-state index in [1.54, 1.807) is 0 Å². The summed E-state index contributed by atoms with van der Waals surface area (Å²) in [6.07, 6.45) is 5.57. The molecule has 17 heavy (non-hydrogen) atoms. The maximum atomic E-state index is 4.56. The molecule has 0 spiro atoms. The first kappa shape index (κ1) is 11.8. The van der Waals surface area contributed by atoms with Crippen molar-refractivity contribution in [2.75, 3.05) is 0 Å². The van der Waals surface area contributed by atoms with Gasteiger partial charge in [-0.2, -0.15) is 0 Å². The van der Waals surface area contributed by atoms with Gasteiger partial charge in [-0.25, -0.2) is 4.98 Å². The highest BCUT2D eigenvalue weighted by molar-refractivity contribution is 5.61. The fourth-order valence-electron chi connectivity index (χ4n) is 2.09. The van der Waals surface area contributed by atoms with Crippen molar-refractivity contribution in [1.29, 1.82) is 0 Å². The minimum Gasteiger partial charge on any atom is -0.331 e. The zero-order chi connectivity index (χ0) is 12.4. The molecule has 0 saturated heterocycles. The third kappa shape index (κ3) is 2.23. The Labute approximate surface area is 103 Å². The van der Waals surface area contributed by atoms with Gasteiger partial charge in [-0.3, -0.25) is 4.98 Å². The largest absolute Gasteiger partial charge is 0.331 e. The third-order valence-corrected chi connectivity index (χ3v) is 2.89. The molecule has 0 aliphatic carbocycles. The Morgan fingerprint density at radius 1 is 1.06 bits per heavy atom. The summed E-state index contributed by atoms with van der Waals surface area (Å²) in [5, 5.41) is 0. The third-order valence-electron chi connectivity index (χ3n) is 2.89. The van der Waals surface area contributed by atoms with Gasteiger partial charge in [0.15, 0.2) is 0 Å². The first-order valence-corrected chi connectivity index (χ1v) is 6.08. The summed E-state index contributed by atoms with van der Waals surface area (Å²) in [5.74, 6) is 0.461. The predicted octanol–water partition coefficient (Wildman–Crippen LogP) is 3.65. The molecule has 90 valence electrons. The molecule has 0 radical (unpaired) electrons. The van der Waals surface area contributed by atoms with Crippen LogP contribution in [0.5, 0.6) is 0 Å². The molecule has 2 aromatic heterocycles. The van der Waals surface area contributed by atoms with Gasteiger partial charge in [0, 0.05) is 29.7 Å². The van der Waals surface area contributed by atoms with E-state index < -0.39 is 0 Å². The van der Waals surface area contributed by atoms with Crippen LogP contribution in [0.3, 0.4) is 0 Å². The lowest BCUT2D eigenvalue weighted by atomic mass is 10.0. The minimum atomic E-state index is 0.440. The van der Waals surface area contributed by atoms with Crippen molar-refractivity contribution in [2.24, 2.45) is 0 Å². The van der Waals surface area contributed by atoms with Crippen LogP contribution in [0, 0.1) is 0 Å². The average Bonchev–Trinajstić information content (AvgIpc) is 2.74. The molecule has 0 bridgehead atoms. The quantitative estimate of drug-likeness (QED) is 0.804. The highest BCUT2D eigenvalue weighted by atomic mass is 15.1. The van der Waals surface area contributed by atoms with Gasteiger partial charge in [0.1, 0.15) is 0 Å². The minimum absolute atomic E-state index is 0.440. The summed E-state index contributed by atoms with van der Waals surface area (Å²) in [6, 6.07) is 4.47. The number of hydrogen-bond donors (Lipinski definition) is 0. The first-order valence-electron chi connectivity index (χ1n) is 6.08. The second-order valence-corrected chi connectivity index (χ2v) is 4.87. The fourth-order valence-corrected chi connectivity index (χ4v) is 2.09. The van der Waals surface area contributed by atoms with Crippen LogP contribution in [0.25, 0.3) is 11.3 Å². The van der Waals surface area contributed by atoms with Gasteiger partial charge in [0.25, 0.3) is 0 Å². The van der Waals surface area contributed by atoms with Crippen molar-refractivity contribution < 1.29 is 0 Å². The number of imidazole rings is 1. The van der Waals surface area contributed by atoms with Crippen LogP contribution in [0.15, 0.2) is 30.9 Å². The molecular formula is C14H19N3. The molecule has 2 heterocycles. The highest BCUT2D eigenvalue weighted by Crippen LogP contribution is 2.29. The standard InChI is InChI=1S/C14H19N3/c1-10(2)14-13(12-5-7-15-8-6-12)16-9-17(14)11(3)4/h5-11H,1-4H3. The van der Waals surface area contributed by atoms with Crippen LogP contribution in [-0.2, 0) is 0 Å². The Morgan fingerprint density at radius 2 is 1.71 bits per heavy atom. The Morgan fingerprint density at radius 3 is 2.24 bits per heavy atom. The topological polar surface area (TPSA) is 30.7 Å². The zero-order valence-electron chi connectivity index (χ0n) is 10.9. The second kappa shape index (κ2) is 4.70. The van der Waals surface area contributed by atoms with Gasteiger partial charge >= 0.3 is 0 Å². The molecule has 2 aromatic rings. The summed E-state index contributed by atoms with van der Waals surface area (Å²) in [4.78, 5) is 8.62. The normalized spacial score (nSPS) is 11.4. The van der Waals surface area contributed by atoms with Crippen molar-refractivity contribution in [3.8, 4) is 11.3 Å². The second-order valence-electron chi connectivity index (χ2n) is 4.87. The van der Waals surface area contributed by atoms with E-state index in [2.05, 4.69) is 42.2 Å². The van der Waals surface area contributed by atoms with Crippen molar-refractivity contribution in [2.45, 2.75) is 39.7 Å². The number of hydrogen-bond acceptors (Lipinski definition) is 2. The van der Waals surface area contributed by atoms with E-state index >= 15 is 0 Å². The Kier molecular flexibility index (Phi) is 3.27. The molecular weight excluding hydrogens is 210 g/mol. The summed E-state index contributed by atoms with van der Waals surface area (Å²) in [5.41, 5.74) is 3.52. The van der Waals surface area contributed by atoms with Crippen LogP contribution < -0.4 is 0 Å². The van der Waals surface area contributed by atoms with E-state index in [9.17, 15) is 0 Å². The van der Waals surface area contributed by atoms with E-state index in [0.29, 0.717) is 12.0 Å². The molecule has 0 atom stereocenters. The smallest absolute Gasteiger partial charge is 0.0958 e. The zero-order valence-corrected chi connectivity index (χ0v) is 10.9. The van der Waals surface area contributed by atoms with Gasteiger partial charge in [-0.15, -0.1) is 0 Å². The predicted molar refractivity (Wildman–Crippen MR) is 69.9 cm³/mol. The molecule has 3 nitrogen and oxygen atoms in total. The van der Waals surface area contributed by atoms with Crippen molar-refractivity contribution in [3.05, 3.63) is 36.5 Å². The lowest BCUT2D eigenvalue weighted by Gasteiger charge is -2.16. The van der Waals surface area contributed by atoms with E-state index in [1.165, 1.54) is 5.69 Å². The highest BCUT2D eigenvalue weighted by Gasteiger charge is 2.17. The van der Waals surface area contributed by atoms with E-state index in [4.69, 9.17) is 0 Å². The van der Waals surface area contributed by atoms with E-state index in [-0.39, 0.29) is 0 Å². The van der Waals surface area contributed by atoms with Gasteiger partial charge in [0.2, 0.25) is 0 Å². The Bertz CT molecular complexity index is 483. The molecule has 0 amide bonds. The summed E-state index contributed by atoms with van der Waals surface area (Å²) in [7, 11) is 0. The van der Waals surface area contributed by atoms with Crippen molar-refractivity contribution >= 4 is 0 Å². The van der Waals surface area contributed by atoms with Crippen LogP contribution in [0.2, 0.25) is 0 Å². The molecule has 0 N–H and O–H groups in total. The van der Waals surface area contributed by atoms with Gasteiger partial charge < -0.3 is 4.57 Å². The maximum Gasteiger partial charge on any atom is 0.0958 e. The average molecular weight is 229 g/mol. The van der Waals surface area contributed by atoms with E-state index in [1.807, 2.05) is 30.9 Å². The fraction of sp³-hybridized carbons (Fsp3) is 0.429. The van der Waals surface area contributed by atoms with Crippen LogP contribution >= 0.6 is 0 Å². The van der Waals surface area contributed by atoms with Crippen molar-refractivity contribution in [3.63, 3.8) is 0 Å². The van der Waals surface area contributed by atoms with Crippen molar-refractivity contribution in [1.82, 2.24) is 14.5 Å². The molecule has 0 aliphatic rings. The number of nitrogens with zero attached hydrogens (tertiary/aromatic N) is 3. The van der Waals surface area contributed by atoms with Crippen LogP contribution in [-0.4, -0.2) is 14.5 Å². The SMILES string of the molecule is CC(C)c1c(-c2ccncc2)ncn1C(C)C. The monoisotopic (exact) mass is 229 g/mol. The number of pyridine rings is 1. The first-order chi connectivity index (χ1) is 8.11. The van der Waals surface area contributed by atoms with Gasteiger partial charge in [-0.1, -0.05) is 13.8 Å². The summed E-state index contributed by atoms with van der Waals surface area (Å²) >= 11 is 0. The lowest BCUT2D eigenvalue weighted by Crippen LogP contribution is -2.06.